The monoisotopic (exact) mass is 277 g/mol. The Morgan fingerprint density at radius 3 is 2.70 bits per heavy atom. The highest BCUT2D eigenvalue weighted by Crippen LogP contribution is 2.13. The lowest BCUT2D eigenvalue weighted by molar-refractivity contribution is -0.384. The predicted octanol–water partition coefficient (Wildman–Crippen LogP) is 0.903. The Hall–Kier alpha value is -2.97. The summed E-state index contributed by atoms with van der Waals surface area (Å²) in [6, 6.07) is 5.87. The third-order valence-electron chi connectivity index (χ3n) is 2.42. The Labute approximate surface area is 113 Å². The first-order valence-electron chi connectivity index (χ1n) is 5.58. The maximum absolute atomic E-state index is 11.7. The predicted molar refractivity (Wildman–Crippen MR) is 68.4 cm³/mol. The number of carbonyl (C=O) groups is 1. The Balaban J connectivity index is 1.95. The van der Waals surface area contributed by atoms with Crippen molar-refractivity contribution in [2.24, 2.45) is 0 Å². The Morgan fingerprint density at radius 1 is 1.45 bits per heavy atom. The van der Waals surface area contributed by atoms with Crippen LogP contribution in [0, 0.1) is 10.1 Å². The second-order valence-corrected chi connectivity index (χ2v) is 3.82. The molecule has 0 aliphatic carbocycles. The molecule has 2 N–H and O–H groups in total. The number of amides is 1. The standard InChI is InChI=1S/C11H11N5O4/c1-20-11-13-10(14-15-11)12-9(17)6-7-2-4-8(5-3-7)16(18)19/h2-5H,6H2,1H3,(H2,12,13,14,15,17). The first kappa shape index (κ1) is 13.5. The van der Waals surface area contributed by atoms with Gasteiger partial charge in [0.25, 0.3) is 5.69 Å². The maximum atomic E-state index is 11.7. The van der Waals surface area contributed by atoms with Gasteiger partial charge in [-0.1, -0.05) is 12.1 Å². The van der Waals surface area contributed by atoms with Gasteiger partial charge in [-0.25, -0.2) is 5.10 Å². The molecule has 1 aromatic heterocycles. The lowest BCUT2D eigenvalue weighted by Crippen LogP contribution is -2.15. The molecule has 0 aliphatic heterocycles. The molecular formula is C11H11N5O4. The van der Waals surface area contributed by atoms with Crippen molar-refractivity contribution in [2.45, 2.75) is 6.42 Å². The topological polar surface area (TPSA) is 123 Å². The van der Waals surface area contributed by atoms with E-state index in [-0.39, 0.29) is 30.0 Å². The molecule has 0 aliphatic rings. The number of hydrogen-bond acceptors (Lipinski definition) is 6. The summed E-state index contributed by atoms with van der Waals surface area (Å²) >= 11 is 0. The van der Waals surface area contributed by atoms with Crippen molar-refractivity contribution in [3.63, 3.8) is 0 Å². The third-order valence-corrected chi connectivity index (χ3v) is 2.42. The lowest BCUT2D eigenvalue weighted by Gasteiger charge is -2.01. The number of nitrogens with one attached hydrogen (secondary N) is 2. The summed E-state index contributed by atoms with van der Waals surface area (Å²) in [5.41, 5.74) is 0.633. The van der Waals surface area contributed by atoms with Gasteiger partial charge >= 0.3 is 6.01 Å². The minimum atomic E-state index is -0.495. The second-order valence-electron chi connectivity index (χ2n) is 3.82. The zero-order valence-electron chi connectivity index (χ0n) is 10.5. The fourth-order valence-corrected chi connectivity index (χ4v) is 1.49. The first-order valence-corrected chi connectivity index (χ1v) is 5.58. The van der Waals surface area contributed by atoms with E-state index in [0.29, 0.717) is 5.56 Å². The molecule has 0 fully saturated rings. The third kappa shape index (κ3) is 3.28. The highest BCUT2D eigenvalue weighted by atomic mass is 16.6. The SMILES string of the molecule is COc1n[nH]c(NC(=O)Cc2ccc([N+](=O)[O-])cc2)n1. The molecule has 104 valence electrons. The van der Waals surface area contributed by atoms with Crippen molar-refractivity contribution in [3.05, 3.63) is 39.9 Å². The van der Waals surface area contributed by atoms with Crippen LogP contribution in [0.3, 0.4) is 0 Å². The van der Waals surface area contributed by atoms with Gasteiger partial charge < -0.3 is 4.74 Å². The first-order chi connectivity index (χ1) is 9.58. The molecule has 0 spiro atoms. The molecule has 0 saturated carbocycles. The van der Waals surface area contributed by atoms with Gasteiger partial charge in [0.1, 0.15) is 0 Å². The Morgan fingerprint density at radius 2 is 2.15 bits per heavy atom. The van der Waals surface area contributed by atoms with Crippen LogP contribution in [0.5, 0.6) is 6.01 Å². The number of methoxy groups -OCH3 is 1. The van der Waals surface area contributed by atoms with Crippen molar-refractivity contribution in [2.75, 3.05) is 12.4 Å². The van der Waals surface area contributed by atoms with E-state index in [1.54, 1.807) is 0 Å². The number of H-pyrrole nitrogens is 1. The van der Waals surface area contributed by atoms with Crippen LogP contribution in [0.4, 0.5) is 11.6 Å². The van der Waals surface area contributed by atoms with Crippen LogP contribution >= 0.6 is 0 Å². The zero-order chi connectivity index (χ0) is 14.5. The number of rotatable bonds is 5. The highest BCUT2D eigenvalue weighted by Gasteiger charge is 2.10. The van der Waals surface area contributed by atoms with Crippen LogP contribution in [0.1, 0.15) is 5.56 Å². The molecule has 9 heteroatoms. The average Bonchev–Trinajstić information content (AvgIpc) is 2.86. The number of non-ortho nitro benzene ring substituents is 1. The van der Waals surface area contributed by atoms with E-state index >= 15 is 0 Å². The van der Waals surface area contributed by atoms with Gasteiger partial charge in [0, 0.05) is 12.1 Å². The molecule has 2 rings (SSSR count). The van der Waals surface area contributed by atoms with Crippen molar-refractivity contribution in [1.82, 2.24) is 15.2 Å². The Bertz CT molecular complexity index is 622. The number of nitrogens with zero attached hydrogens (tertiary/aromatic N) is 3. The van der Waals surface area contributed by atoms with Gasteiger partial charge in [0.05, 0.1) is 18.5 Å². The quantitative estimate of drug-likeness (QED) is 0.618. The second kappa shape index (κ2) is 5.78. The van der Waals surface area contributed by atoms with Crippen LogP contribution in [-0.2, 0) is 11.2 Å². The minimum absolute atomic E-state index is 0.0193. The Kier molecular flexibility index (Phi) is 3.89. The molecule has 1 aromatic carbocycles. The molecule has 1 heterocycles. The van der Waals surface area contributed by atoms with E-state index in [1.165, 1.54) is 31.4 Å². The van der Waals surface area contributed by atoms with Crippen molar-refractivity contribution in [3.8, 4) is 6.01 Å². The summed E-state index contributed by atoms with van der Waals surface area (Å²) in [5, 5.41) is 19.2. The number of carbonyl (C=O) groups excluding carboxylic acids is 1. The van der Waals surface area contributed by atoms with E-state index in [9.17, 15) is 14.9 Å². The van der Waals surface area contributed by atoms with Crippen LogP contribution in [0.2, 0.25) is 0 Å². The summed E-state index contributed by atoms with van der Waals surface area (Å²) in [4.78, 5) is 25.6. The van der Waals surface area contributed by atoms with Gasteiger partial charge in [-0.15, -0.1) is 5.10 Å². The molecule has 1 amide bonds. The van der Waals surface area contributed by atoms with Crippen molar-refractivity contribution in [1.29, 1.82) is 0 Å². The number of nitro benzene ring substituents is 1. The summed E-state index contributed by atoms with van der Waals surface area (Å²) < 4.78 is 4.76. The van der Waals surface area contributed by atoms with Crippen LogP contribution in [-0.4, -0.2) is 33.1 Å². The summed E-state index contributed by atoms with van der Waals surface area (Å²) in [6.07, 6.45) is 0.0704. The van der Waals surface area contributed by atoms with E-state index in [2.05, 4.69) is 20.5 Å². The molecule has 0 bridgehead atoms. The van der Waals surface area contributed by atoms with E-state index in [1.807, 2.05) is 0 Å². The summed E-state index contributed by atoms with van der Waals surface area (Å²) in [5.74, 6) is -0.147. The number of ether oxygens (including phenoxy) is 1. The molecule has 0 unspecified atom stereocenters. The van der Waals surface area contributed by atoms with E-state index in [0.717, 1.165) is 0 Å². The minimum Gasteiger partial charge on any atom is -0.466 e. The van der Waals surface area contributed by atoms with Gasteiger partial charge in [-0.05, 0) is 5.56 Å². The van der Waals surface area contributed by atoms with Crippen LogP contribution in [0.25, 0.3) is 0 Å². The molecular weight excluding hydrogens is 266 g/mol. The molecule has 2 aromatic rings. The maximum Gasteiger partial charge on any atom is 0.336 e. The molecule has 0 saturated heterocycles. The number of hydrogen-bond donors (Lipinski definition) is 2. The largest absolute Gasteiger partial charge is 0.466 e. The van der Waals surface area contributed by atoms with E-state index < -0.39 is 4.92 Å². The number of aromatic amines is 1. The number of aromatic nitrogens is 3. The normalized spacial score (nSPS) is 10.1. The number of nitro groups is 1. The van der Waals surface area contributed by atoms with Gasteiger partial charge in [-0.2, -0.15) is 4.98 Å². The highest BCUT2D eigenvalue weighted by molar-refractivity contribution is 5.90. The van der Waals surface area contributed by atoms with E-state index in [4.69, 9.17) is 4.74 Å². The number of benzene rings is 1. The molecule has 0 atom stereocenters. The molecule has 9 nitrogen and oxygen atoms in total. The molecule has 0 radical (unpaired) electrons. The summed E-state index contributed by atoms with van der Waals surface area (Å²) in [7, 11) is 1.41. The van der Waals surface area contributed by atoms with Crippen molar-refractivity contribution >= 4 is 17.5 Å². The number of anilines is 1. The fraction of sp³-hybridized carbons (Fsp3) is 0.182. The van der Waals surface area contributed by atoms with Gasteiger partial charge in [-0.3, -0.25) is 20.2 Å². The molecule has 20 heavy (non-hydrogen) atoms. The van der Waals surface area contributed by atoms with Crippen LogP contribution in [0.15, 0.2) is 24.3 Å². The average molecular weight is 277 g/mol. The zero-order valence-corrected chi connectivity index (χ0v) is 10.5. The lowest BCUT2D eigenvalue weighted by atomic mass is 10.1. The van der Waals surface area contributed by atoms with Gasteiger partial charge in [0.15, 0.2) is 0 Å². The summed E-state index contributed by atoms with van der Waals surface area (Å²) in [6.45, 7) is 0. The smallest absolute Gasteiger partial charge is 0.336 e. The van der Waals surface area contributed by atoms with Crippen molar-refractivity contribution < 1.29 is 14.5 Å². The van der Waals surface area contributed by atoms with Crippen LogP contribution < -0.4 is 10.1 Å². The fourth-order valence-electron chi connectivity index (χ4n) is 1.49. The van der Waals surface area contributed by atoms with Gasteiger partial charge in [0.2, 0.25) is 11.9 Å².